The molecule has 120 valence electrons. The van der Waals surface area contributed by atoms with Gasteiger partial charge in [0.1, 0.15) is 24.0 Å². The smallest absolute Gasteiger partial charge is 0.137 e. The third-order valence-corrected chi connectivity index (χ3v) is 4.09. The van der Waals surface area contributed by atoms with Gasteiger partial charge >= 0.3 is 0 Å². The molecule has 1 N–H and O–H groups in total. The standard InChI is InChI=1S/C17H15Cl2FN2O/c18-12-6-5-11(13(19)9-12)10-23-15-4-1-3-14(20)16(15)17-21-7-2-8-22-17/h1,3-6,9H,2,7-8,10H2,(H,21,22). The predicted molar refractivity (Wildman–Crippen MR) is 91.2 cm³/mol. The van der Waals surface area contributed by atoms with Crippen LogP contribution in [0.15, 0.2) is 41.4 Å². The molecule has 0 fully saturated rings. The van der Waals surface area contributed by atoms with Gasteiger partial charge in [0.2, 0.25) is 0 Å². The second kappa shape index (κ2) is 7.20. The van der Waals surface area contributed by atoms with E-state index >= 15 is 0 Å². The molecule has 0 atom stereocenters. The Morgan fingerprint density at radius 1 is 1.22 bits per heavy atom. The highest BCUT2D eigenvalue weighted by molar-refractivity contribution is 6.35. The molecular weight excluding hydrogens is 338 g/mol. The van der Waals surface area contributed by atoms with Crippen LogP contribution in [0, 0.1) is 5.82 Å². The maximum Gasteiger partial charge on any atom is 0.137 e. The molecule has 0 spiro atoms. The average Bonchev–Trinajstić information content (AvgIpc) is 2.55. The van der Waals surface area contributed by atoms with Crippen LogP contribution in [0.4, 0.5) is 4.39 Å². The summed E-state index contributed by atoms with van der Waals surface area (Å²) in [7, 11) is 0. The first kappa shape index (κ1) is 16.1. The topological polar surface area (TPSA) is 33.6 Å². The molecule has 0 aliphatic carbocycles. The number of nitrogens with one attached hydrogen (secondary N) is 1. The van der Waals surface area contributed by atoms with Crippen molar-refractivity contribution in [2.75, 3.05) is 13.1 Å². The quantitative estimate of drug-likeness (QED) is 0.881. The van der Waals surface area contributed by atoms with Crippen molar-refractivity contribution >= 4 is 29.0 Å². The van der Waals surface area contributed by atoms with Crippen LogP contribution in [0.3, 0.4) is 0 Å². The third kappa shape index (κ3) is 3.77. The first-order valence-electron chi connectivity index (χ1n) is 7.29. The third-order valence-electron chi connectivity index (χ3n) is 3.51. The Hall–Kier alpha value is -1.78. The van der Waals surface area contributed by atoms with Crippen LogP contribution in [0.2, 0.25) is 10.0 Å². The van der Waals surface area contributed by atoms with E-state index in [1.54, 1.807) is 30.3 Å². The van der Waals surface area contributed by atoms with Crippen molar-refractivity contribution in [1.82, 2.24) is 5.32 Å². The lowest BCUT2D eigenvalue weighted by Gasteiger charge is -2.18. The van der Waals surface area contributed by atoms with Gasteiger partial charge < -0.3 is 10.1 Å². The normalized spacial score (nSPS) is 14.1. The maximum absolute atomic E-state index is 14.2. The minimum Gasteiger partial charge on any atom is -0.488 e. The van der Waals surface area contributed by atoms with Crippen molar-refractivity contribution in [1.29, 1.82) is 0 Å². The van der Waals surface area contributed by atoms with Crippen LogP contribution in [-0.2, 0) is 6.61 Å². The highest BCUT2D eigenvalue weighted by Gasteiger charge is 2.18. The second-order valence-electron chi connectivity index (χ2n) is 5.15. The summed E-state index contributed by atoms with van der Waals surface area (Å²) >= 11 is 12.0. The molecule has 0 unspecified atom stereocenters. The number of rotatable bonds is 4. The van der Waals surface area contributed by atoms with Gasteiger partial charge in [-0.15, -0.1) is 0 Å². The molecule has 2 aromatic rings. The molecular formula is C17H15Cl2FN2O. The fourth-order valence-corrected chi connectivity index (χ4v) is 2.81. The maximum atomic E-state index is 14.2. The minimum absolute atomic E-state index is 0.222. The summed E-state index contributed by atoms with van der Waals surface area (Å²) in [5, 5.41) is 4.20. The Bertz CT molecular complexity index is 749. The van der Waals surface area contributed by atoms with Crippen LogP contribution in [0.5, 0.6) is 5.75 Å². The van der Waals surface area contributed by atoms with E-state index in [0.29, 0.717) is 33.7 Å². The van der Waals surface area contributed by atoms with E-state index in [1.165, 1.54) is 6.07 Å². The van der Waals surface area contributed by atoms with Crippen LogP contribution in [0.25, 0.3) is 0 Å². The van der Waals surface area contributed by atoms with Gasteiger partial charge in [-0.05, 0) is 30.7 Å². The molecule has 1 aliphatic heterocycles. The van der Waals surface area contributed by atoms with Gasteiger partial charge in [-0.1, -0.05) is 35.3 Å². The van der Waals surface area contributed by atoms with Gasteiger partial charge in [-0.25, -0.2) is 4.39 Å². The minimum atomic E-state index is -0.363. The highest BCUT2D eigenvalue weighted by Crippen LogP contribution is 2.26. The molecule has 3 nitrogen and oxygen atoms in total. The molecule has 3 rings (SSSR count). The Balaban J connectivity index is 1.85. The number of hydrogen-bond donors (Lipinski definition) is 1. The molecule has 2 aromatic carbocycles. The Kier molecular flexibility index (Phi) is 5.03. The largest absolute Gasteiger partial charge is 0.488 e. The van der Waals surface area contributed by atoms with Crippen molar-refractivity contribution in [3.63, 3.8) is 0 Å². The number of amidine groups is 1. The number of aliphatic imine (C=N–C) groups is 1. The summed E-state index contributed by atoms with van der Waals surface area (Å²) in [6.07, 6.45) is 0.939. The molecule has 0 saturated heterocycles. The number of nitrogens with zero attached hydrogens (tertiary/aromatic N) is 1. The summed E-state index contributed by atoms with van der Waals surface area (Å²) in [6, 6.07) is 9.92. The predicted octanol–water partition coefficient (Wildman–Crippen LogP) is 4.45. The van der Waals surface area contributed by atoms with Crippen molar-refractivity contribution in [3.05, 3.63) is 63.4 Å². The molecule has 0 radical (unpaired) electrons. The van der Waals surface area contributed by atoms with Gasteiger partial charge in [0, 0.05) is 28.7 Å². The SMILES string of the molecule is Fc1cccc(OCc2ccc(Cl)cc2Cl)c1C1=NCCCN1. The van der Waals surface area contributed by atoms with Gasteiger partial charge in [0.15, 0.2) is 0 Å². The highest BCUT2D eigenvalue weighted by atomic mass is 35.5. The first-order valence-corrected chi connectivity index (χ1v) is 8.04. The summed E-state index contributed by atoms with van der Waals surface area (Å²) < 4.78 is 20.0. The molecule has 6 heteroatoms. The number of hydrogen-bond acceptors (Lipinski definition) is 3. The lowest BCUT2D eigenvalue weighted by atomic mass is 10.1. The van der Waals surface area contributed by atoms with Crippen molar-refractivity contribution in [2.45, 2.75) is 13.0 Å². The van der Waals surface area contributed by atoms with Gasteiger partial charge in [0.05, 0.1) is 5.56 Å². The van der Waals surface area contributed by atoms with Gasteiger partial charge in [-0.2, -0.15) is 0 Å². The van der Waals surface area contributed by atoms with Crippen LogP contribution < -0.4 is 10.1 Å². The molecule has 0 bridgehead atoms. The van der Waals surface area contributed by atoms with Crippen LogP contribution in [-0.4, -0.2) is 18.9 Å². The molecule has 1 heterocycles. The van der Waals surface area contributed by atoms with Crippen molar-refractivity contribution in [2.24, 2.45) is 4.99 Å². The van der Waals surface area contributed by atoms with Crippen molar-refractivity contribution < 1.29 is 9.13 Å². The summed E-state index contributed by atoms with van der Waals surface area (Å²) in [5.41, 5.74) is 1.14. The zero-order valence-electron chi connectivity index (χ0n) is 12.3. The zero-order valence-corrected chi connectivity index (χ0v) is 13.8. The summed E-state index contributed by atoms with van der Waals surface area (Å²) in [5.74, 6) is 0.605. The van der Waals surface area contributed by atoms with E-state index in [1.807, 2.05) is 0 Å². The molecule has 0 saturated carbocycles. The van der Waals surface area contributed by atoms with E-state index in [-0.39, 0.29) is 12.4 Å². The fourth-order valence-electron chi connectivity index (χ4n) is 2.35. The average molecular weight is 353 g/mol. The summed E-state index contributed by atoms with van der Waals surface area (Å²) in [4.78, 5) is 4.35. The second-order valence-corrected chi connectivity index (χ2v) is 5.99. The van der Waals surface area contributed by atoms with Gasteiger partial charge in [0.25, 0.3) is 0 Å². The fraction of sp³-hybridized carbons (Fsp3) is 0.235. The first-order chi connectivity index (χ1) is 11.1. The van der Waals surface area contributed by atoms with Gasteiger partial charge in [-0.3, -0.25) is 4.99 Å². The lowest BCUT2D eigenvalue weighted by Crippen LogP contribution is -2.31. The number of benzene rings is 2. The Morgan fingerprint density at radius 2 is 2.09 bits per heavy atom. The molecule has 0 amide bonds. The molecule has 1 aliphatic rings. The molecule has 0 aromatic heterocycles. The van der Waals surface area contributed by atoms with Crippen LogP contribution in [0.1, 0.15) is 17.5 Å². The lowest BCUT2D eigenvalue weighted by molar-refractivity contribution is 0.304. The van der Waals surface area contributed by atoms with E-state index < -0.39 is 0 Å². The van der Waals surface area contributed by atoms with E-state index in [2.05, 4.69) is 10.3 Å². The monoisotopic (exact) mass is 352 g/mol. The zero-order chi connectivity index (χ0) is 16.2. The Morgan fingerprint density at radius 3 is 2.83 bits per heavy atom. The van der Waals surface area contributed by atoms with Crippen LogP contribution >= 0.6 is 23.2 Å². The molecule has 23 heavy (non-hydrogen) atoms. The number of ether oxygens (including phenoxy) is 1. The van der Waals surface area contributed by atoms with E-state index in [4.69, 9.17) is 27.9 Å². The van der Waals surface area contributed by atoms with Crippen molar-refractivity contribution in [3.8, 4) is 5.75 Å². The van der Waals surface area contributed by atoms with E-state index in [9.17, 15) is 4.39 Å². The van der Waals surface area contributed by atoms with E-state index in [0.717, 1.165) is 18.5 Å². The summed E-state index contributed by atoms with van der Waals surface area (Å²) in [6.45, 7) is 1.68. The Labute approximate surface area is 144 Å². The number of halogens is 3.